The quantitative estimate of drug-likeness (QED) is 0.697. The first kappa shape index (κ1) is 15.7. The summed E-state index contributed by atoms with van der Waals surface area (Å²) < 4.78 is 5.59. The molecular weight excluding hydrogens is 286 g/mol. The summed E-state index contributed by atoms with van der Waals surface area (Å²) in [5.74, 6) is 3.50. The maximum atomic E-state index is 5.59. The molecule has 0 amide bonds. The Kier molecular flexibility index (Phi) is 4.70. The maximum absolute atomic E-state index is 5.59. The molecule has 0 aliphatic carbocycles. The van der Waals surface area contributed by atoms with Gasteiger partial charge in [-0.3, -0.25) is 4.99 Å². The Morgan fingerprint density at radius 3 is 2.74 bits per heavy atom. The van der Waals surface area contributed by atoms with Crippen LogP contribution in [0.5, 0.6) is 0 Å². The van der Waals surface area contributed by atoms with Gasteiger partial charge in [-0.05, 0) is 31.9 Å². The van der Waals surface area contributed by atoms with Crippen LogP contribution in [0, 0.1) is 13.8 Å². The Hall–Kier alpha value is -2.23. The van der Waals surface area contributed by atoms with Gasteiger partial charge in [0.05, 0.1) is 0 Å². The third-order valence-electron chi connectivity index (χ3n) is 4.55. The third-order valence-corrected chi connectivity index (χ3v) is 4.55. The fraction of sp³-hybridized carbons (Fsp3) is 0.421. The highest BCUT2D eigenvalue weighted by molar-refractivity contribution is 5.80. The number of aliphatic imine (C=N–C) groups is 1. The van der Waals surface area contributed by atoms with Gasteiger partial charge in [-0.25, -0.2) is 0 Å². The lowest BCUT2D eigenvalue weighted by Crippen LogP contribution is -2.39. The zero-order valence-electron chi connectivity index (χ0n) is 14.2. The maximum Gasteiger partial charge on any atom is 0.193 e. The van der Waals surface area contributed by atoms with E-state index >= 15 is 0 Å². The number of nitrogens with zero attached hydrogens (tertiary/aromatic N) is 2. The minimum atomic E-state index is 0.590. The average molecular weight is 311 g/mol. The van der Waals surface area contributed by atoms with Crippen molar-refractivity contribution in [3.8, 4) is 0 Å². The Morgan fingerprint density at radius 1 is 1.30 bits per heavy atom. The molecule has 3 rings (SSSR count). The number of nitrogens with one attached hydrogen (secondary N) is 1. The van der Waals surface area contributed by atoms with Crippen LogP contribution in [0.25, 0.3) is 0 Å². The van der Waals surface area contributed by atoms with Gasteiger partial charge in [0, 0.05) is 38.2 Å². The number of furan rings is 1. The molecule has 1 aromatic carbocycles. The monoisotopic (exact) mass is 311 g/mol. The van der Waals surface area contributed by atoms with Crippen LogP contribution in [0.1, 0.15) is 35.0 Å². The molecule has 1 fully saturated rings. The number of hydrogen-bond acceptors (Lipinski definition) is 2. The van der Waals surface area contributed by atoms with E-state index in [0.29, 0.717) is 5.92 Å². The highest BCUT2D eigenvalue weighted by Gasteiger charge is 2.25. The number of rotatable bonds is 3. The van der Waals surface area contributed by atoms with Crippen molar-refractivity contribution in [2.24, 2.45) is 4.99 Å². The number of hydrogen-bond donors (Lipinski definition) is 1. The number of likely N-dealkylation sites (tertiary alicyclic amines) is 1. The van der Waals surface area contributed by atoms with E-state index in [9.17, 15) is 0 Å². The van der Waals surface area contributed by atoms with Crippen molar-refractivity contribution in [2.75, 3.05) is 20.1 Å². The van der Waals surface area contributed by atoms with Gasteiger partial charge in [0.15, 0.2) is 5.96 Å². The molecule has 0 bridgehead atoms. The third kappa shape index (κ3) is 3.58. The van der Waals surface area contributed by atoms with Gasteiger partial charge in [0.2, 0.25) is 0 Å². The number of aryl methyl sites for hydroxylation is 2. The van der Waals surface area contributed by atoms with Crippen molar-refractivity contribution in [3.05, 3.63) is 59.0 Å². The molecule has 122 valence electrons. The molecule has 1 N–H and O–H groups in total. The van der Waals surface area contributed by atoms with Crippen LogP contribution in [0.15, 0.2) is 45.8 Å². The molecule has 23 heavy (non-hydrogen) atoms. The van der Waals surface area contributed by atoms with Crippen molar-refractivity contribution >= 4 is 5.96 Å². The first-order valence-electron chi connectivity index (χ1n) is 8.24. The molecular formula is C19H25N3O. The van der Waals surface area contributed by atoms with E-state index in [-0.39, 0.29) is 0 Å². The molecule has 0 radical (unpaired) electrons. The molecule has 2 aromatic rings. The molecule has 1 aliphatic heterocycles. The predicted octanol–water partition coefficient (Wildman–Crippen LogP) is 3.46. The molecule has 1 aliphatic rings. The molecule has 4 heteroatoms. The SMILES string of the molecule is CN=C(NCc1cc(C)oc1C)N1CCC(c2ccccc2)C1. The topological polar surface area (TPSA) is 40.8 Å². The molecule has 1 unspecified atom stereocenters. The Morgan fingerprint density at radius 2 is 2.09 bits per heavy atom. The van der Waals surface area contributed by atoms with Crippen molar-refractivity contribution in [2.45, 2.75) is 32.7 Å². The fourth-order valence-electron chi connectivity index (χ4n) is 3.32. The van der Waals surface area contributed by atoms with Gasteiger partial charge in [0.1, 0.15) is 11.5 Å². The van der Waals surface area contributed by atoms with E-state index in [0.717, 1.165) is 37.1 Å². The van der Waals surface area contributed by atoms with Gasteiger partial charge < -0.3 is 14.6 Å². The zero-order valence-corrected chi connectivity index (χ0v) is 14.2. The molecule has 0 spiro atoms. The summed E-state index contributed by atoms with van der Waals surface area (Å²) in [6.45, 7) is 6.81. The number of guanidine groups is 1. The second-order valence-corrected chi connectivity index (χ2v) is 6.18. The van der Waals surface area contributed by atoms with Crippen LogP contribution >= 0.6 is 0 Å². The van der Waals surface area contributed by atoms with Crippen molar-refractivity contribution in [1.29, 1.82) is 0 Å². The van der Waals surface area contributed by atoms with E-state index < -0.39 is 0 Å². The molecule has 4 nitrogen and oxygen atoms in total. The standard InChI is InChI=1S/C19H25N3O/c1-14-11-18(15(2)23-14)12-21-19(20-3)22-10-9-17(13-22)16-7-5-4-6-8-16/h4-8,11,17H,9-10,12-13H2,1-3H3,(H,20,21). The summed E-state index contributed by atoms with van der Waals surface area (Å²) >= 11 is 0. The molecule has 0 saturated carbocycles. The Balaban J connectivity index is 1.60. The summed E-state index contributed by atoms with van der Waals surface area (Å²) in [4.78, 5) is 6.80. The lowest BCUT2D eigenvalue weighted by molar-refractivity contribution is 0.482. The van der Waals surface area contributed by atoms with E-state index in [1.54, 1.807) is 0 Å². The summed E-state index contributed by atoms with van der Waals surface area (Å²) in [5, 5.41) is 3.47. The highest BCUT2D eigenvalue weighted by Crippen LogP contribution is 2.27. The predicted molar refractivity (Wildman–Crippen MR) is 93.8 cm³/mol. The van der Waals surface area contributed by atoms with Crippen LogP contribution in [-0.2, 0) is 6.54 Å². The van der Waals surface area contributed by atoms with E-state index in [2.05, 4.69) is 51.6 Å². The van der Waals surface area contributed by atoms with Crippen molar-refractivity contribution in [3.63, 3.8) is 0 Å². The lowest BCUT2D eigenvalue weighted by atomic mass is 9.99. The van der Waals surface area contributed by atoms with Gasteiger partial charge in [-0.2, -0.15) is 0 Å². The summed E-state index contributed by atoms with van der Waals surface area (Å²) in [5.41, 5.74) is 2.62. The number of benzene rings is 1. The largest absolute Gasteiger partial charge is 0.466 e. The average Bonchev–Trinajstić information content (AvgIpc) is 3.16. The summed E-state index contributed by atoms with van der Waals surface area (Å²) in [6, 6.07) is 12.9. The molecule has 1 saturated heterocycles. The first-order valence-corrected chi connectivity index (χ1v) is 8.24. The van der Waals surface area contributed by atoms with E-state index in [4.69, 9.17) is 4.42 Å². The summed E-state index contributed by atoms with van der Waals surface area (Å²) in [7, 11) is 1.85. The van der Waals surface area contributed by atoms with Crippen LogP contribution in [-0.4, -0.2) is 31.0 Å². The normalized spacial score (nSPS) is 18.5. The van der Waals surface area contributed by atoms with Gasteiger partial charge in [-0.1, -0.05) is 30.3 Å². The van der Waals surface area contributed by atoms with E-state index in [1.807, 2.05) is 20.9 Å². The van der Waals surface area contributed by atoms with Gasteiger partial charge in [-0.15, -0.1) is 0 Å². The first-order chi connectivity index (χ1) is 11.2. The van der Waals surface area contributed by atoms with Crippen molar-refractivity contribution in [1.82, 2.24) is 10.2 Å². The van der Waals surface area contributed by atoms with E-state index in [1.165, 1.54) is 17.5 Å². The van der Waals surface area contributed by atoms with Crippen LogP contribution in [0.2, 0.25) is 0 Å². The Bertz CT molecular complexity index is 675. The Labute approximate surface area is 138 Å². The van der Waals surface area contributed by atoms with Gasteiger partial charge >= 0.3 is 0 Å². The second-order valence-electron chi connectivity index (χ2n) is 6.18. The van der Waals surface area contributed by atoms with Crippen LogP contribution in [0.4, 0.5) is 0 Å². The zero-order chi connectivity index (χ0) is 16.2. The van der Waals surface area contributed by atoms with Crippen LogP contribution < -0.4 is 5.32 Å². The fourth-order valence-corrected chi connectivity index (χ4v) is 3.32. The lowest BCUT2D eigenvalue weighted by Gasteiger charge is -2.21. The van der Waals surface area contributed by atoms with Crippen molar-refractivity contribution < 1.29 is 4.42 Å². The summed E-state index contributed by atoms with van der Waals surface area (Å²) in [6.07, 6.45) is 1.18. The minimum absolute atomic E-state index is 0.590. The molecule has 1 atom stereocenters. The molecule has 2 heterocycles. The highest BCUT2D eigenvalue weighted by atomic mass is 16.3. The smallest absolute Gasteiger partial charge is 0.193 e. The minimum Gasteiger partial charge on any atom is -0.466 e. The van der Waals surface area contributed by atoms with Gasteiger partial charge in [0.25, 0.3) is 0 Å². The van der Waals surface area contributed by atoms with Crippen LogP contribution in [0.3, 0.4) is 0 Å². The second kappa shape index (κ2) is 6.90. The molecule has 1 aromatic heterocycles.